The lowest BCUT2D eigenvalue weighted by Gasteiger charge is -2.07. The first kappa shape index (κ1) is 12.5. The summed E-state index contributed by atoms with van der Waals surface area (Å²) in [7, 11) is 1.21. The monoisotopic (exact) mass is 309 g/mol. The van der Waals surface area contributed by atoms with E-state index in [0.717, 1.165) is 0 Å². The van der Waals surface area contributed by atoms with E-state index in [0.29, 0.717) is 4.47 Å². The van der Waals surface area contributed by atoms with Gasteiger partial charge in [0.1, 0.15) is 6.07 Å². The average Bonchev–Trinajstić information content (AvgIpc) is 2.15. The Hall–Kier alpha value is -0.610. The van der Waals surface area contributed by atoms with Crippen LogP contribution in [0.2, 0.25) is 0 Å². The van der Waals surface area contributed by atoms with Gasteiger partial charge in [-0.3, -0.25) is 0 Å². The van der Waals surface area contributed by atoms with Crippen LogP contribution in [0, 0.1) is 11.3 Å². The highest BCUT2D eigenvalue weighted by molar-refractivity contribution is 9.10. The normalized spacial score (nSPS) is 11.1. The molecule has 7 heteroatoms. The fourth-order valence-electron chi connectivity index (χ4n) is 1.11. The van der Waals surface area contributed by atoms with Crippen molar-refractivity contribution in [3.05, 3.63) is 27.7 Å². The molecular formula is C8H5BrClNO3S. The van der Waals surface area contributed by atoms with Crippen molar-refractivity contribution in [3.63, 3.8) is 0 Å². The highest BCUT2D eigenvalue weighted by Gasteiger charge is 2.19. The summed E-state index contributed by atoms with van der Waals surface area (Å²) < 4.78 is 22.7. The number of hydrogen-bond acceptors (Lipinski definition) is 4. The van der Waals surface area contributed by atoms with Gasteiger partial charge in [0.25, 0.3) is 9.05 Å². The molecular weight excluding hydrogens is 306 g/mol. The fraction of sp³-hybridized carbons (Fsp3) is 0.125. The highest BCUT2D eigenvalue weighted by Crippen LogP contribution is 2.28. The van der Waals surface area contributed by atoms with Crippen LogP contribution in [0.4, 0.5) is 0 Å². The van der Waals surface area contributed by atoms with Crippen LogP contribution in [0.15, 0.2) is 21.5 Å². The third kappa shape index (κ3) is 2.49. The van der Waals surface area contributed by atoms with Crippen molar-refractivity contribution in [2.24, 2.45) is 0 Å². The van der Waals surface area contributed by atoms with Crippen LogP contribution < -0.4 is 0 Å². The van der Waals surface area contributed by atoms with Gasteiger partial charge in [0, 0.05) is 20.7 Å². The molecule has 0 bridgehead atoms. The topological polar surface area (TPSA) is 78.2 Å². The van der Waals surface area contributed by atoms with Crippen LogP contribution >= 0.6 is 26.6 Å². The molecule has 0 saturated carbocycles. The fourth-order valence-corrected chi connectivity index (χ4v) is 2.69. The molecule has 0 amide bonds. The molecule has 0 atom stereocenters. The number of halogens is 2. The summed E-state index contributed by atoms with van der Waals surface area (Å²) in [6.07, 6.45) is 0. The first-order valence-corrected chi connectivity index (χ1v) is 6.79. The lowest BCUT2D eigenvalue weighted by molar-refractivity contribution is 0.278. The second-order valence-electron chi connectivity index (χ2n) is 2.61. The average molecular weight is 311 g/mol. The van der Waals surface area contributed by atoms with Crippen molar-refractivity contribution in [1.29, 1.82) is 5.26 Å². The van der Waals surface area contributed by atoms with Gasteiger partial charge in [-0.05, 0) is 28.1 Å². The zero-order valence-electron chi connectivity index (χ0n) is 7.24. The predicted molar refractivity (Wildman–Crippen MR) is 57.8 cm³/mol. The molecule has 80 valence electrons. The molecule has 4 nitrogen and oxygen atoms in total. The molecule has 0 aliphatic heterocycles. The smallest absolute Gasteiger partial charge is 0.261 e. The lowest BCUT2D eigenvalue weighted by atomic mass is 10.1. The predicted octanol–water partition coefficient (Wildman–Crippen LogP) is 1.74. The van der Waals surface area contributed by atoms with Crippen molar-refractivity contribution in [2.45, 2.75) is 11.5 Å². The summed E-state index contributed by atoms with van der Waals surface area (Å²) in [6.45, 7) is -0.566. The Kier molecular flexibility index (Phi) is 3.73. The molecule has 0 heterocycles. The summed E-state index contributed by atoms with van der Waals surface area (Å²) in [5, 5.41) is 17.8. The molecule has 1 N–H and O–H groups in total. The number of aliphatic hydroxyl groups is 1. The van der Waals surface area contributed by atoms with E-state index >= 15 is 0 Å². The summed E-state index contributed by atoms with van der Waals surface area (Å²) in [5.41, 5.74) is 0.0705. The van der Waals surface area contributed by atoms with Gasteiger partial charge in [-0.1, -0.05) is 0 Å². The van der Waals surface area contributed by atoms with Crippen LogP contribution in [0.3, 0.4) is 0 Å². The molecule has 0 radical (unpaired) electrons. The third-order valence-electron chi connectivity index (χ3n) is 1.75. The summed E-state index contributed by atoms with van der Waals surface area (Å²) in [5.74, 6) is 0. The Morgan fingerprint density at radius 2 is 2.13 bits per heavy atom. The molecule has 0 unspecified atom stereocenters. The molecule has 0 spiro atoms. The van der Waals surface area contributed by atoms with Crippen LogP contribution in [0.1, 0.15) is 11.1 Å². The van der Waals surface area contributed by atoms with Gasteiger partial charge in [0.05, 0.1) is 17.1 Å². The van der Waals surface area contributed by atoms with Gasteiger partial charge in [-0.25, -0.2) is 8.42 Å². The molecule has 15 heavy (non-hydrogen) atoms. The molecule has 0 aromatic heterocycles. The number of rotatable bonds is 2. The quantitative estimate of drug-likeness (QED) is 0.844. The van der Waals surface area contributed by atoms with Gasteiger partial charge < -0.3 is 5.11 Å². The third-order valence-corrected chi connectivity index (χ3v) is 3.82. The van der Waals surface area contributed by atoms with E-state index in [9.17, 15) is 8.42 Å². The standard InChI is InChI=1S/C8H5BrClNO3S/c9-7-1-2-8(15(10,13)14)6(4-12)5(7)3-11/h1-2,12H,4H2. The maximum absolute atomic E-state index is 11.1. The molecule has 0 aliphatic rings. The zero-order chi connectivity index (χ0) is 11.6. The van der Waals surface area contributed by atoms with Crippen molar-refractivity contribution in [3.8, 4) is 6.07 Å². The van der Waals surface area contributed by atoms with Crippen LogP contribution in [0.25, 0.3) is 0 Å². The maximum atomic E-state index is 11.1. The van der Waals surface area contributed by atoms with Crippen molar-refractivity contribution in [2.75, 3.05) is 0 Å². The van der Waals surface area contributed by atoms with E-state index in [1.807, 2.05) is 0 Å². The van der Waals surface area contributed by atoms with Crippen molar-refractivity contribution >= 4 is 35.7 Å². The Labute approximate surface area is 99.6 Å². The summed E-state index contributed by atoms with van der Waals surface area (Å²) in [4.78, 5) is -0.244. The maximum Gasteiger partial charge on any atom is 0.261 e. The van der Waals surface area contributed by atoms with Gasteiger partial charge in [0.2, 0.25) is 0 Å². The van der Waals surface area contributed by atoms with Gasteiger partial charge >= 0.3 is 0 Å². The Bertz CT molecular complexity index is 536. The molecule has 1 rings (SSSR count). The molecule has 0 saturated heterocycles. The van der Waals surface area contributed by atoms with Crippen LogP contribution in [0.5, 0.6) is 0 Å². The SMILES string of the molecule is N#Cc1c(Br)ccc(S(=O)(=O)Cl)c1CO. The second-order valence-corrected chi connectivity index (χ2v) is 6.00. The molecule has 1 aromatic rings. The van der Waals surface area contributed by atoms with Gasteiger partial charge in [-0.2, -0.15) is 5.26 Å². The minimum atomic E-state index is -3.95. The van der Waals surface area contributed by atoms with Gasteiger partial charge in [0.15, 0.2) is 0 Å². The Morgan fingerprint density at radius 1 is 1.53 bits per heavy atom. The van der Waals surface area contributed by atoms with E-state index in [1.165, 1.54) is 12.1 Å². The van der Waals surface area contributed by atoms with Crippen molar-refractivity contribution in [1.82, 2.24) is 0 Å². The van der Waals surface area contributed by atoms with E-state index in [1.54, 1.807) is 6.07 Å². The zero-order valence-corrected chi connectivity index (χ0v) is 10.4. The van der Waals surface area contributed by atoms with E-state index in [4.69, 9.17) is 21.1 Å². The minimum Gasteiger partial charge on any atom is -0.392 e. The first-order chi connectivity index (χ1) is 6.91. The van der Waals surface area contributed by atoms with Crippen LogP contribution in [-0.4, -0.2) is 13.5 Å². The Balaban J connectivity index is 3.66. The molecule has 0 fully saturated rings. The first-order valence-electron chi connectivity index (χ1n) is 3.68. The largest absolute Gasteiger partial charge is 0.392 e. The highest BCUT2D eigenvalue weighted by atomic mass is 79.9. The molecule has 0 aliphatic carbocycles. The van der Waals surface area contributed by atoms with Crippen LogP contribution in [-0.2, 0) is 15.7 Å². The number of aliphatic hydroxyl groups excluding tert-OH is 1. The number of hydrogen-bond donors (Lipinski definition) is 1. The summed E-state index contributed by atoms with van der Waals surface area (Å²) in [6, 6.07) is 4.43. The Morgan fingerprint density at radius 3 is 2.53 bits per heavy atom. The molecule has 1 aromatic carbocycles. The second kappa shape index (κ2) is 4.49. The van der Waals surface area contributed by atoms with E-state index < -0.39 is 15.7 Å². The minimum absolute atomic E-state index is 0.00174. The van der Waals surface area contributed by atoms with E-state index in [2.05, 4.69) is 15.9 Å². The number of nitrogens with zero attached hydrogens (tertiary/aromatic N) is 1. The van der Waals surface area contributed by atoms with Crippen molar-refractivity contribution < 1.29 is 13.5 Å². The number of nitriles is 1. The number of benzene rings is 1. The van der Waals surface area contributed by atoms with Gasteiger partial charge in [-0.15, -0.1) is 0 Å². The van der Waals surface area contributed by atoms with E-state index in [-0.39, 0.29) is 16.0 Å². The summed E-state index contributed by atoms with van der Waals surface area (Å²) >= 11 is 3.08. The lowest BCUT2D eigenvalue weighted by Crippen LogP contribution is -2.01.